The van der Waals surface area contributed by atoms with Crippen LogP contribution in [0.3, 0.4) is 0 Å². The quantitative estimate of drug-likeness (QED) is 0.595. The van der Waals surface area contributed by atoms with Crippen LogP contribution >= 0.6 is 23.4 Å². The van der Waals surface area contributed by atoms with Gasteiger partial charge in [0.05, 0.1) is 4.92 Å². The Hall–Kier alpha value is -2.58. The van der Waals surface area contributed by atoms with Crippen LogP contribution in [0.25, 0.3) is 0 Å². The second kappa shape index (κ2) is 6.49. The van der Waals surface area contributed by atoms with Crippen molar-refractivity contribution in [3.05, 3.63) is 68.7 Å². The Morgan fingerprint density at radius 3 is 2.71 bits per heavy atom. The summed E-state index contributed by atoms with van der Waals surface area (Å²) in [6.07, 6.45) is 0. The Bertz CT molecular complexity index is 1030. The lowest BCUT2D eigenvalue weighted by Gasteiger charge is -2.29. The highest BCUT2D eigenvalue weighted by molar-refractivity contribution is 8.01. The number of carbonyl (C=O) groups excluding carboxylic acids is 2. The minimum atomic E-state index is -0.725. The molecule has 0 radical (unpaired) electrons. The first kappa shape index (κ1) is 18.8. The van der Waals surface area contributed by atoms with Crippen molar-refractivity contribution in [3.63, 3.8) is 0 Å². The van der Waals surface area contributed by atoms with Gasteiger partial charge in [-0.3, -0.25) is 19.7 Å². The fourth-order valence-corrected chi connectivity index (χ4v) is 5.52. The number of nitrogens with one attached hydrogen (secondary N) is 1. The first-order valence-electron chi connectivity index (χ1n) is 8.55. The van der Waals surface area contributed by atoms with Gasteiger partial charge in [-0.25, -0.2) is 0 Å². The van der Waals surface area contributed by atoms with E-state index < -0.39 is 21.6 Å². The van der Waals surface area contributed by atoms with E-state index in [2.05, 4.69) is 5.32 Å². The van der Waals surface area contributed by atoms with Crippen LogP contribution in [0.1, 0.15) is 35.1 Å². The summed E-state index contributed by atoms with van der Waals surface area (Å²) in [6, 6.07) is 10.7. The molecule has 1 fully saturated rings. The smallest absolute Gasteiger partial charge is 0.289 e. The molecule has 2 atom stereocenters. The van der Waals surface area contributed by atoms with Crippen LogP contribution in [-0.2, 0) is 4.79 Å². The number of thioether (sulfide) groups is 1. The molecule has 28 heavy (non-hydrogen) atoms. The molecule has 0 saturated carbocycles. The zero-order valence-electron chi connectivity index (χ0n) is 15.0. The van der Waals surface area contributed by atoms with E-state index in [-0.39, 0.29) is 27.7 Å². The summed E-state index contributed by atoms with van der Waals surface area (Å²) in [5, 5.41) is 13.6. The van der Waals surface area contributed by atoms with Crippen LogP contribution < -0.4 is 5.32 Å². The molecule has 2 heterocycles. The average molecular weight is 418 g/mol. The topological polar surface area (TPSA) is 92.6 Å². The van der Waals surface area contributed by atoms with Crippen LogP contribution in [-0.4, -0.2) is 32.4 Å². The van der Waals surface area contributed by atoms with Gasteiger partial charge in [-0.15, -0.1) is 11.8 Å². The van der Waals surface area contributed by atoms with Crippen molar-refractivity contribution in [2.24, 2.45) is 0 Å². The number of nitrogens with zero attached hydrogens (tertiary/aromatic N) is 2. The average Bonchev–Trinajstić information content (AvgIpc) is 3.06. The summed E-state index contributed by atoms with van der Waals surface area (Å²) in [6.45, 7) is 3.83. The van der Waals surface area contributed by atoms with E-state index in [0.717, 1.165) is 5.56 Å². The fraction of sp³-hybridized carbons (Fsp3) is 0.263. The predicted octanol–water partition coefficient (Wildman–Crippen LogP) is 4.24. The number of hydrogen-bond acceptors (Lipinski definition) is 5. The molecule has 2 amide bonds. The van der Waals surface area contributed by atoms with Gasteiger partial charge in [-0.05, 0) is 37.6 Å². The van der Waals surface area contributed by atoms with E-state index in [0.29, 0.717) is 5.56 Å². The van der Waals surface area contributed by atoms with Crippen molar-refractivity contribution in [3.8, 4) is 0 Å². The van der Waals surface area contributed by atoms with Crippen molar-refractivity contribution in [1.82, 2.24) is 4.90 Å². The van der Waals surface area contributed by atoms with Crippen molar-refractivity contribution >= 4 is 46.6 Å². The zero-order chi connectivity index (χ0) is 20.2. The number of anilines is 1. The highest BCUT2D eigenvalue weighted by Gasteiger charge is 2.57. The molecular formula is C19H16ClN3O4S. The van der Waals surface area contributed by atoms with Crippen molar-refractivity contribution in [2.45, 2.75) is 30.0 Å². The molecule has 0 aliphatic carbocycles. The lowest BCUT2D eigenvalue weighted by atomic mass is 10.0. The van der Waals surface area contributed by atoms with Gasteiger partial charge in [-0.1, -0.05) is 29.8 Å². The van der Waals surface area contributed by atoms with Gasteiger partial charge in [0.25, 0.3) is 11.6 Å². The molecule has 1 saturated heterocycles. The summed E-state index contributed by atoms with van der Waals surface area (Å²) in [5.41, 5.74) is 1.48. The second-order valence-corrected chi connectivity index (χ2v) is 9.33. The third-order valence-corrected chi connectivity index (χ3v) is 6.81. The largest absolute Gasteiger partial charge is 0.324 e. The summed E-state index contributed by atoms with van der Waals surface area (Å²) >= 11 is 7.39. The van der Waals surface area contributed by atoms with Crippen LogP contribution in [0.15, 0.2) is 42.5 Å². The van der Waals surface area contributed by atoms with Gasteiger partial charge in [0, 0.05) is 22.1 Å². The zero-order valence-corrected chi connectivity index (χ0v) is 16.6. The Kier molecular flexibility index (Phi) is 4.35. The maximum atomic E-state index is 13.1. The van der Waals surface area contributed by atoms with Crippen LogP contribution in [0, 0.1) is 10.1 Å². The maximum absolute atomic E-state index is 13.1. The van der Waals surface area contributed by atoms with Gasteiger partial charge in [0.1, 0.15) is 16.4 Å². The van der Waals surface area contributed by atoms with Crippen LogP contribution in [0.4, 0.5) is 11.4 Å². The van der Waals surface area contributed by atoms with Crippen LogP contribution in [0.2, 0.25) is 5.02 Å². The molecule has 1 N–H and O–H groups in total. The predicted molar refractivity (Wildman–Crippen MR) is 108 cm³/mol. The summed E-state index contributed by atoms with van der Waals surface area (Å²) < 4.78 is -0.531. The number of nitro groups is 1. The molecule has 0 spiro atoms. The molecule has 0 bridgehead atoms. The first-order chi connectivity index (χ1) is 13.2. The molecule has 7 nitrogen and oxygen atoms in total. The van der Waals surface area contributed by atoms with Gasteiger partial charge in [0.2, 0.25) is 5.91 Å². The van der Waals surface area contributed by atoms with E-state index in [9.17, 15) is 19.7 Å². The van der Waals surface area contributed by atoms with Gasteiger partial charge in [-0.2, -0.15) is 0 Å². The lowest BCUT2D eigenvalue weighted by Crippen LogP contribution is -2.50. The van der Waals surface area contributed by atoms with Crippen molar-refractivity contribution < 1.29 is 14.5 Å². The molecule has 2 aromatic carbocycles. The van der Waals surface area contributed by atoms with E-state index in [1.807, 2.05) is 26.0 Å². The fourth-order valence-electron chi connectivity index (χ4n) is 3.75. The van der Waals surface area contributed by atoms with Gasteiger partial charge in [0.15, 0.2) is 0 Å². The SMILES string of the molecule is CC1(C)SC2c3ccccc3C(=O)N2C1C(=O)Nc1ccc(Cl)c([N+](=O)[O-])c1. The molecule has 9 heteroatoms. The Morgan fingerprint density at radius 2 is 2.00 bits per heavy atom. The highest BCUT2D eigenvalue weighted by Crippen LogP contribution is 2.56. The molecule has 2 aromatic rings. The van der Waals surface area contributed by atoms with Gasteiger partial charge >= 0.3 is 0 Å². The number of amides is 2. The monoisotopic (exact) mass is 417 g/mol. The van der Waals surface area contributed by atoms with E-state index in [1.165, 1.54) is 18.2 Å². The molecule has 144 valence electrons. The maximum Gasteiger partial charge on any atom is 0.289 e. The molecule has 2 unspecified atom stereocenters. The number of carbonyl (C=O) groups is 2. The third-order valence-electron chi connectivity index (χ3n) is 4.96. The van der Waals surface area contributed by atoms with E-state index in [4.69, 9.17) is 11.6 Å². The van der Waals surface area contributed by atoms with Gasteiger partial charge < -0.3 is 10.2 Å². The molecule has 2 aliphatic rings. The molecule has 4 rings (SSSR count). The number of fused-ring (bicyclic) bond motifs is 3. The highest BCUT2D eigenvalue weighted by atomic mass is 35.5. The standard InChI is InChI=1S/C19H16ClN3O4S/c1-19(2)15(16(24)21-10-7-8-13(20)14(9-10)23(26)27)22-17(25)11-5-3-4-6-12(11)18(22)28-19/h3-9,15,18H,1-2H3,(H,21,24). The van der Waals surface area contributed by atoms with E-state index in [1.54, 1.807) is 28.8 Å². The minimum Gasteiger partial charge on any atom is -0.324 e. The van der Waals surface area contributed by atoms with E-state index >= 15 is 0 Å². The number of halogens is 1. The third kappa shape index (κ3) is 2.84. The normalized spacial score (nSPS) is 22.0. The molecule has 2 aliphatic heterocycles. The number of rotatable bonds is 3. The molecule has 0 aromatic heterocycles. The molecular weight excluding hydrogens is 402 g/mol. The van der Waals surface area contributed by atoms with Crippen molar-refractivity contribution in [2.75, 3.05) is 5.32 Å². The Balaban J connectivity index is 1.65. The Morgan fingerprint density at radius 1 is 1.29 bits per heavy atom. The summed E-state index contributed by atoms with van der Waals surface area (Å²) in [5.74, 6) is -0.571. The lowest BCUT2D eigenvalue weighted by molar-refractivity contribution is -0.384. The van der Waals surface area contributed by atoms with Crippen LogP contribution in [0.5, 0.6) is 0 Å². The number of nitro benzene ring substituents is 1. The summed E-state index contributed by atoms with van der Waals surface area (Å²) in [4.78, 5) is 38.2. The second-order valence-electron chi connectivity index (χ2n) is 7.19. The number of hydrogen-bond donors (Lipinski definition) is 1. The summed E-state index contributed by atoms with van der Waals surface area (Å²) in [7, 11) is 0. The first-order valence-corrected chi connectivity index (χ1v) is 9.80. The Labute approximate surface area is 170 Å². The van der Waals surface area contributed by atoms with Crippen molar-refractivity contribution in [1.29, 1.82) is 0 Å². The minimum absolute atomic E-state index is 0.00927. The number of benzene rings is 2.